The molecule has 1 aromatic heterocycles. The van der Waals surface area contributed by atoms with Crippen molar-refractivity contribution in [3.05, 3.63) is 46.6 Å². The Morgan fingerprint density at radius 1 is 1.35 bits per heavy atom. The molecule has 0 radical (unpaired) electrons. The van der Waals surface area contributed by atoms with Gasteiger partial charge < -0.3 is 5.11 Å². The van der Waals surface area contributed by atoms with Crippen molar-refractivity contribution in [2.24, 2.45) is 0 Å². The molecule has 6 nitrogen and oxygen atoms in total. The van der Waals surface area contributed by atoms with Crippen molar-refractivity contribution >= 4 is 27.3 Å². The number of thiazole rings is 1. The summed E-state index contributed by atoms with van der Waals surface area (Å²) in [5, 5.41) is 8.89. The molecule has 0 saturated carbocycles. The van der Waals surface area contributed by atoms with E-state index in [0.29, 0.717) is 0 Å². The SMILES string of the molecule is Cc1ccc(CNS(=O)(=O)c2scnc2C(=O)O)cc1. The van der Waals surface area contributed by atoms with E-state index in [9.17, 15) is 13.2 Å². The molecule has 0 atom stereocenters. The zero-order valence-electron chi connectivity index (χ0n) is 10.5. The van der Waals surface area contributed by atoms with Gasteiger partial charge in [0.2, 0.25) is 0 Å². The van der Waals surface area contributed by atoms with Crippen LogP contribution in [0.15, 0.2) is 34.0 Å². The fourth-order valence-corrected chi connectivity index (χ4v) is 3.72. The molecule has 0 aliphatic rings. The molecule has 0 amide bonds. The lowest BCUT2D eigenvalue weighted by molar-refractivity contribution is 0.0687. The minimum atomic E-state index is -3.88. The third kappa shape index (κ3) is 3.21. The van der Waals surface area contributed by atoms with Crippen LogP contribution in [-0.4, -0.2) is 24.5 Å². The molecule has 0 fully saturated rings. The van der Waals surface area contributed by atoms with E-state index in [0.717, 1.165) is 22.5 Å². The number of nitrogens with zero attached hydrogens (tertiary/aromatic N) is 1. The molecule has 106 valence electrons. The molecule has 0 aliphatic heterocycles. The van der Waals surface area contributed by atoms with Gasteiger partial charge in [0.1, 0.15) is 0 Å². The van der Waals surface area contributed by atoms with Crippen molar-refractivity contribution in [1.82, 2.24) is 9.71 Å². The van der Waals surface area contributed by atoms with Crippen LogP contribution in [0.2, 0.25) is 0 Å². The van der Waals surface area contributed by atoms with E-state index in [1.54, 1.807) is 0 Å². The van der Waals surface area contributed by atoms with Crippen molar-refractivity contribution in [3.63, 3.8) is 0 Å². The predicted octanol–water partition coefficient (Wildman–Crippen LogP) is 1.63. The van der Waals surface area contributed by atoms with Crippen LogP contribution in [0.1, 0.15) is 21.6 Å². The minimum Gasteiger partial charge on any atom is -0.476 e. The third-order valence-corrected chi connectivity index (χ3v) is 5.34. The highest BCUT2D eigenvalue weighted by Crippen LogP contribution is 2.20. The number of carbonyl (C=O) groups is 1. The van der Waals surface area contributed by atoms with Gasteiger partial charge in [0.05, 0.1) is 5.51 Å². The maximum Gasteiger partial charge on any atom is 0.356 e. The summed E-state index contributed by atoms with van der Waals surface area (Å²) >= 11 is 0.780. The van der Waals surface area contributed by atoms with Crippen molar-refractivity contribution in [2.75, 3.05) is 0 Å². The van der Waals surface area contributed by atoms with E-state index in [-0.39, 0.29) is 10.8 Å². The number of carboxylic acid groups (broad SMARTS) is 1. The summed E-state index contributed by atoms with van der Waals surface area (Å²) in [5.41, 5.74) is 2.61. The van der Waals surface area contributed by atoms with Gasteiger partial charge >= 0.3 is 5.97 Å². The molecule has 0 saturated heterocycles. The fourth-order valence-electron chi connectivity index (χ4n) is 1.52. The van der Waals surface area contributed by atoms with E-state index < -0.39 is 21.7 Å². The van der Waals surface area contributed by atoms with Gasteiger partial charge in [0.25, 0.3) is 10.0 Å². The molecule has 2 N–H and O–H groups in total. The number of hydrogen-bond acceptors (Lipinski definition) is 5. The summed E-state index contributed by atoms with van der Waals surface area (Å²) in [6.07, 6.45) is 0. The standard InChI is InChI=1S/C12H12N2O4S2/c1-8-2-4-9(5-3-8)6-14-20(17,18)12-10(11(15)16)13-7-19-12/h2-5,7,14H,6H2,1H3,(H,15,16). The second-order valence-corrected chi connectivity index (χ2v) is 6.92. The number of hydrogen-bond donors (Lipinski definition) is 2. The zero-order valence-corrected chi connectivity index (χ0v) is 12.2. The number of benzene rings is 1. The lowest BCUT2D eigenvalue weighted by Crippen LogP contribution is -2.24. The Hall–Kier alpha value is -1.77. The fraction of sp³-hybridized carbons (Fsp3) is 0.167. The maximum absolute atomic E-state index is 12.1. The van der Waals surface area contributed by atoms with Crippen LogP contribution in [0, 0.1) is 6.92 Å². The van der Waals surface area contributed by atoms with Crippen LogP contribution in [0.3, 0.4) is 0 Å². The molecule has 8 heteroatoms. The summed E-state index contributed by atoms with van der Waals surface area (Å²) in [6.45, 7) is 2.03. The highest BCUT2D eigenvalue weighted by molar-refractivity contribution is 7.91. The molecule has 1 aromatic carbocycles. The number of rotatable bonds is 5. The van der Waals surface area contributed by atoms with E-state index in [4.69, 9.17) is 5.11 Å². The average Bonchev–Trinajstić information content (AvgIpc) is 2.88. The smallest absolute Gasteiger partial charge is 0.356 e. The van der Waals surface area contributed by atoms with Gasteiger partial charge in [-0.25, -0.2) is 22.9 Å². The van der Waals surface area contributed by atoms with Gasteiger partial charge in [-0.15, -0.1) is 11.3 Å². The van der Waals surface area contributed by atoms with E-state index >= 15 is 0 Å². The van der Waals surface area contributed by atoms with E-state index in [2.05, 4.69) is 9.71 Å². The highest BCUT2D eigenvalue weighted by Gasteiger charge is 2.25. The third-order valence-electron chi connectivity index (χ3n) is 2.57. The molecule has 0 bridgehead atoms. The molecule has 0 spiro atoms. The van der Waals surface area contributed by atoms with Crippen LogP contribution >= 0.6 is 11.3 Å². The predicted molar refractivity (Wildman–Crippen MR) is 74.3 cm³/mol. The van der Waals surface area contributed by atoms with Gasteiger partial charge in [-0.2, -0.15) is 0 Å². The Balaban J connectivity index is 2.17. The normalized spacial score (nSPS) is 11.4. The summed E-state index contributed by atoms with van der Waals surface area (Å²) in [4.78, 5) is 14.4. The monoisotopic (exact) mass is 312 g/mol. The molecule has 0 unspecified atom stereocenters. The number of nitrogens with one attached hydrogen (secondary N) is 1. The first-order valence-corrected chi connectivity index (χ1v) is 7.98. The molecule has 1 heterocycles. The first kappa shape index (κ1) is 14.6. The Labute approximate surface area is 120 Å². The average molecular weight is 312 g/mol. The van der Waals surface area contributed by atoms with Gasteiger partial charge in [-0.3, -0.25) is 0 Å². The van der Waals surface area contributed by atoms with Crippen molar-refractivity contribution < 1.29 is 18.3 Å². The van der Waals surface area contributed by atoms with Crippen molar-refractivity contribution in [1.29, 1.82) is 0 Å². The van der Waals surface area contributed by atoms with Crippen LogP contribution in [0.25, 0.3) is 0 Å². The number of aryl methyl sites for hydroxylation is 1. The van der Waals surface area contributed by atoms with Gasteiger partial charge in [-0.05, 0) is 12.5 Å². The van der Waals surface area contributed by atoms with E-state index in [1.807, 2.05) is 31.2 Å². The molecular formula is C12H12N2O4S2. The lowest BCUT2D eigenvalue weighted by Gasteiger charge is -2.06. The second kappa shape index (κ2) is 5.70. The Kier molecular flexibility index (Phi) is 4.17. The van der Waals surface area contributed by atoms with Gasteiger partial charge in [0, 0.05) is 6.54 Å². The molecule has 20 heavy (non-hydrogen) atoms. The maximum atomic E-state index is 12.1. The van der Waals surface area contributed by atoms with E-state index in [1.165, 1.54) is 5.51 Å². The first-order valence-electron chi connectivity index (χ1n) is 5.62. The van der Waals surface area contributed by atoms with Crippen LogP contribution in [0.5, 0.6) is 0 Å². The topological polar surface area (TPSA) is 96.4 Å². The Morgan fingerprint density at radius 2 is 2.00 bits per heavy atom. The van der Waals surface area contributed by atoms with Gasteiger partial charge in [-0.1, -0.05) is 29.8 Å². The Morgan fingerprint density at radius 3 is 2.60 bits per heavy atom. The summed E-state index contributed by atoms with van der Waals surface area (Å²) in [6, 6.07) is 7.36. The molecular weight excluding hydrogens is 300 g/mol. The number of aromatic nitrogens is 1. The van der Waals surface area contributed by atoms with Crippen LogP contribution in [-0.2, 0) is 16.6 Å². The minimum absolute atomic E-state index is 0.0968. The summed E-state index contributed by atoms with van der Waals surface area (Å²) < 4.78 is 26.2. The number of aromatic carboxylic acids is 1. The lowest BCUT2D eigenvalue weighted by atomic mass is 10.2. The van der Waals surface area contributed by atoms with Gasteiger partial charge in [0.15, 0.2) is 9.90 Å². The summed E-state index contributed by atoms with van der Waals surface area (Å²) in [5.74, 6) is -1.36. The first-order chi connectivity index (χ1) is 9.40. The van der Waals surface area contributed by atoms with Crippen LogP contribution in [0.4, 0.5) is 0 Å². The Bertz CT molecular complexity index is 720. The zero-order chi connectivity index (χ0) is 14.8. The number of sulfonamides is 1. The highest BCUT2D eigenvalue weighted by atomic mass is 32.2. The largest absolute Gasteiger partial charge is 0.476 e. The summed E-state index contributed by atoms with van der Waals surface area (Å²) in [7, 11) is -3.88. The molecule has 0 aliphatic carbocycles. The number of carboxylic acids is 1. The quantitative estimate of drug-likeness (QED) is 0.874. The van der Waals surface area contributed by atoms with Crippen LogP contribution < -0.4 is 4.72 Å². The van der Waals surface area contributed by atoms with Crippen molar-refractivity contribution in [2.45, 2.75) is 17.7 Å². The van der Waals surface area contributed by atoms with Crippen molar-refractivity contribution in [3.8, 4) is 0 Å². The molecule has 2 rings (SSSR count). The molecule has 2 aromatic rings. The second-order valence-electron chi connectivity index (χ2n) is 4.10.